The first kappa shape index (κ1) is 13.7. The van der Waals surface area contributed by atoms with Crippen LogP contribution in [0.4, 0.5) is 11.4 Å². The van der Waals surface area contributed by atoms with E-state index in [0.29, 0.717) is 6.04 Å². The number of fused-ring (bicyclic) bond motifs is 2. The third-order valence-corrected chi connectivity index (χ3v) is 5.96. The van der Waals surface area contributed by atoms with Crippen LogP contribution in [0.3, 0.4) is 0 Å². The molecule has 2 aromatic rings. The molecular weight excluding hydrogens is 344 g/mol. The fraction of sp³-hybridized carbons (Fsp3) is 0.294. The predicted molar refractivity (Wildman–Crippen MR) is 92.7 cm³/mol. The molecule has 2 nitrogen and oxygen atoms in total. The summed E-state index contributed by atoms with van der Waals surface area (Å²) in [5.41, 5.74) is 2.70. The van der Waals surface area contributed by atoms with Crippen molar-refractivity contribution < 1.29 is 0 Å². The molecule has 0 radical (unpaired) electrons. The summed E-state index contributed by atoms with van der Waals surface area (Å²) in [4.78, 5) is 5.27. The second kappa shape index (κ2) is 5.67. The molecule has 2 heterocycles. The summed E-state index contributed by atoms with van der Waals surface area (Å²) in [6.45, 7) is 2.21. The molecular formula is C17H17BrN2S. The smallest absolute Gasteiger partial charge is 0.0699 e. The lowest BCUT2D eigenvalue weighted by molar-refractivity contribution is 0.449. The monoisotopic (exact) mass is 360 g/mol. The zero-order valence-electron chi connectivity index (χ0n) is 11.7. The van der Waals surface area contributed by atoms with E-state index in [0.717, 1.165) is 13.1 Å². The molecule has 0 saturated carbocycles. The van der Waals surface area contributed by atoms with E-state index in [1.54, 1.807) is 0 Å². The molecule has 1 N–H and O–H groups in total. The number of hydrogen-bond acceptors (Lipinski definition) is 3. The van der Waals surface area contributed by atoms with Crippen molar-refractivity contribution in [3.63, 3.8) is 0 Å². The first-order valence-corrected chi connectivity index (χ1v) is 9.01. The molecule has 2 aliphatic rings. The molecule has 0 unspecified atom stereocenters. The molecule has 108 valence electrons. The molecule has 0 aromatic heterocycles. The number of para-hydroxylation sites is 2. The number of anilines is 2. The second-order valence-electron chi connectivity index (χ2n) is 5.51. The summed E-state index contributed by atoms with van der Waals surface area (Å²) in [6, 6.07) is 15.9. The highest BCUT2D eigenvalue weighted by atomic mass is 79.9. The normalized spacial score (nSPS) is 18.2. The quantitative estimate of drug-likeness (QED) is 0.785. The second-order valence-corrected chi connectivity index (χ2v) is 7.45. The largest absolute Gasteiger partial charge is 0.335 e. The van der Waals surface area contributed by atoms with E-state index < -0.39 is 0 Å². The summed E-state index contributed by atoms with van der Waals surface area (Å²) >= 11 is 5.65. The van der Waals surface area contributed by atoms with Gasteiger partial charge in [0.2, 0.25) is 0 Å². The van der Waals surface area contributed by atoms with Gasteiger partial charge in [-0.2, -0.15) is 0 Å². The van der Waals surface area contributed by atoms with Gasteiger partial charge in [0.05, 0.1) is 11.4 Å². The van der Waals surface area contributed by atoms with E-state index in [9.17, 15) is 0 Å². The lowest BCUT2D eigenvalue weighted by Gasteiger charge is -2.41. The molecule has 0 amide bonds. The van der Waals surface area contributed by atoms with Crippen LogP contribution in [0.2, 0.25) is 0 Å². The van der Waals surface area contributed by atoms with Gasteiger partial charge in [-0.1, -0.05) is 30.0 Å². The molecule has 0 bridgehead atoms. The van der Waals surface area contributed by atoms with Gasteiger partial charge in [0, 0.05) is 20.3 Å². The first-order chi connectivity index (χ1) is 10.3. The Balaban J connectivity index is 1.87. The number of halogens is 1. The highest BCUT2D eigenvalue weighted by Gasteiger charge is 2.31. The number of nitrogens with zero attached hydrogens (tertiary/aromatic N) is 1. The molecule has 21 heavy (non-hydrogen) atoms. The molecule has 0 aliphatic carbocycles. The van der Waals surface area contributed by atoms with Gasteiger partial charge in [-0.15, -0.1) is 0 Å². The van der Waals surface area contributed by atoms with E-state index in [-0.39, 0.29) is 0 Å². The van der Waals surface area contributed by atoms with E-state index in [4.69, 9.17) is 0 Å². The summed E-state index contributed by atoms with van der Waals surface area (Å²) in [5, 5.41) is 3.47. The molecule has 4 heteroatoms. The van der Waals surface area contributed by atoms with Crippen LogP contribution in [-0.2, 0) is 0 Å². The Bertz CT molecular complexity index is 668. The highest BCUT2D eigenvalue weighted by Crippen LogP contribution is 2.52. The Kier molecular flexibility index (Phi) is 3.69. The fourth-order valence-electron chi connectivity index (χ4n) is 3.24. The van der Waals surface area contributed by atoms with Crippen LogP contribution in [-0.4, -0.2) is 19.1 Å². The molecule has 0 atom stereocenters. The lowest BCUT2D eigenvalue weighted by atomic mass is 10.0. The molecule has 4 rings (SSSR count). The van der Waals surface area contributed by atoms with Crippen LogP contribution in [0.25, 0.3) is 0 Å². The van der Waals surface area contributed by atoms with Crippen LogP contribution < -0.4 is 10.2 Å². The number of rotatable bonds is 1. The van der Waals surface area contributed by atoms with Crippen molar-refractivity contribution in [2.24, 2.45) is 0 Å². The van der Waals surface area contributed by atoms with Crippen molar-refractivity contribution in [3.8, 4) is 0 Å². The summed E-state index contributed by atoms with van der Waals surface area (Å²) < 4.78 is 1.19. The highest BCUT2D eigenvalue weighted by molar-refractivity contribution is 9.10. The average Bonchev–Trinajstić information content (AvgIpc) is 2.54. The number of benzene rings is 2. The van der Waals surface area contributed by atoms with Gasteiger partial charge in [0.15, 0.2) is 0 Å². The fourth-order valence-corrected chi connectivity index (χ4v) is 5.03. The van der Waals surface area contributed by atoms with Crippen LogP contribution in [0.15, 0.2) is 56.7 Å². The zero-order valence-corrected chi connectivity index (χ0v) is 14.1. The van der Waals surface area contributed by atoms with E-state index >= 15 is 0 Å². The van der Waals surface area contributed by atoms with Crippen molar-refractivity contribution in [1.29, 1.82) is 0 Å². The van der Waals surface area contributed by atoms with Gasteiger partial charge >= 0.3 is 0 Å². The zero-order chi connectivity index (χ0) is 14.2. The maximum atomic E-state index is 3.77. The molecule has 2 aromatic carbocycles. The summed E-state index contributed by atoms with van der Waals surface area (Å²) in [6.07, 6.45) is 2.39. The lowest BCUT2D eigenvalue weighted by Crippen LogP contribution is -2.41. The van der Waals surface area contributed by atoms with Gasteiger partial charge < -0.3 is 10.2 Å². The third kappa shape index (κ3) is 2.39. The van der Waals surface area contributed by atoms with Gasteiger partial charge in [0.1, 0.15) is 0 Å². The Morgan fingerprint density at radius 3 is 2.62 bits per heavy atom. The SMILES string of the molecule is Brc1cccc2c1N(C1CCNCC1)c1ccccc1S2. The van der Waals surface area contributed by atoms with Crippen LogP contribution in [0, 0.1) is 0 Å². The Morgan fingerprint density at radius 1 is 1.00 bits per heavy atom. The maximum absolute atomic E-state index is 3.77. The van der Waals surface area contributed by atoms with Crippen molar-refractivity contribution in [1.82, 2.24) is 5.32 Å². The van der Waals surface area contributed by atoms with Crippen molar-refractivity contribution in [3.05, 3.63) is 46.9 Å². The van der Waals surface area contributed by atoms with E-state index in [2.05, 4.69) is 68.6 Å². The minimum absolute atomic E-state index is 0.575. The van der Waals surface area contributed by atoms with Gasteiger partial charge in [-0.25, -0.2) is 0 Å². The van der Waals surface area contributed by atoms with Crippen molar-refractivity contribution in [2.75, 3.05) is 18.0 Å². The molecule has 1 fully saturated rings. The summed E-state index contributed by atoms with van der Waals surface area (Å²) in [7, 11) is 0. The average molecular weight is 361 g/mol. The van der Waals surface area contributed by atoms with Crippen molar-refractivity contribution >= 4 is 39.1 Å². The van der Waals surface area contributed by atoms with Gasteiger partial charge in [-0.3, -0.25) is 0 Å². The molecule has 0 spiro atoms. The number of hydrogen-bond donors (Lipinski definition) is 1. The van der Waals surface area contributed by atoms with E-state index in [1.165, 1.54) is 38.5 Å². The van der Waals surface area contributed by atoms with Gasteiger partial charge in [0.25, 0.3) is 0 Å². The molecule has 2 aliphatic heterocycles. The Labute approximate surface area is 138 Å². The topological polar surface area (TPSA) is 15.3 Å². The van der Waals surface area contributed by atoms with Crippen molar-refractivity contribution in [2.45, 2.75) is 28.7 Å². The van der Waals surface area contributed by atoms with Gasteiger partial charge in [-0.05, 0) is 66.1 Å². The number of nitrogens with one attached hydrogen (secondary N) is 1. The Morgan fingerprint density at radius 2 is 1.76 bits per heavy atom. The van der Waals surface area contributed by atoms with E-state index in [1.807, 2.05) is 11.8 Å². The van der Waals surface area contributed by atoms with Crippen LogP contribution in [0.1, 0.15) is 12.8 Å². The predicted octanol–water partition coefficient (Wildman–Crippen LogP) is 4.80. The minimum atomic E-state index is 0.575. The maximum Gasteiger partial charge on any atom is 0.0699 e. The first-order valence-electron chi connectivity index (χ1n) is 7.40. The van der Waals surface area contributed by atoms with Crippen LogP contribution >= 0.6 is 27.7 Å². The standard InChI is InChI=1S/C17H17BrN2S/c18-13-4-3-7-16-17(13)20(12-8-10-19-11-9-12)14-5-1-2-6-15(14)21-16/h1-7,12,19H,8-11H2. The molecule has 1 saturated heterocycles. The minimum Gasteiger partial charge on any atom is -0.335 e. The third-order valence-electron chi connectivity index (χ3n) is 4.21. The number of piperidine rings is 1. The summed E-state index contributed by atoms with van der Waals surface area (Å²) in [5.74, 6) is 0. The van der Waals surface area contributed by atoms with Crippen LogP contribution in [0.5, 0.6) is 0 Å². The Hall–Kier alpha value is -0.970.